The van der Waals surface area contributed by atoms with Crippen molar-refractivity contribution >= 4 is 5.97 Å². The van der Waals surface area contributed by atoms with E-state index in [-0.39, 0.29) is 6.42 Å². The van der Waals surface area contributed by atoms with E-state index in [1.807, 2.05) is 0 Å². The molecule has 0 aromatic heterocycles. The molecule has 0 saturated carbocycles. The molecule has 0 saturated heterocycles. The lowest BCUT2D eigenvalue weighted by molar-refractivity contribution is -0.137. The van der Waals surface area contributed by atoms with Gasteiger partial charge in [0.25, 0.3) is 0 Å². The number of aliphatic carboxylic acids is 1. The zero-order valence-electron chi connectivity index (χ0n) is 13.5. The van der Waals surface area contributed by atoms with Gasteiger partial charge in [0, 0.05) is 6.42 Å². The van der Waals surface area contributed by atoms with Gasteiger partial charge in [-0.2, -0.15) is 0 Å². The van der Waals surface area contributed by atoms with Crippen LogP contribution in [0.25, 0.3) is 0 Å². The van der Waals surface area contributed by atoms with E-state index in [9.17, 15) is 9.90 Å². The summed E-state index contributed by atoms with van der Waals surface area (Å²) in [6.45, 7) is 2.22. The Hall–Kier alpha value is -1.09. The second kappa shape index (κ2) is 15.3. The monoisotopic (exact) mass is 296 g/mol. The maximum atomic E-state index is 10.4. The van der Waals surface area contributed by atoms with Crippen molar-refractivity contribution in [3.05, 3.63) is 24.3 Å². The molecule has 1 atom stereocenters. The van der Waals surface area contributed by atoms with Crippen molar-refractivity contribution in [1.29, 1.82) is 0 Å². The fourth-order valence-electron chi connectivity index (χ4n) is 2.10. The second-order valence-electron chi connectivity index (χ2n) is 5.54. The van der Waals surface area contributed by atoms with Crippen LogP contribution in [-0.2, 0) is 4.79 Å². The van der Waals surface area contributed by atoms with Gasteiger partial charge in [0.2, 0.25) is 0 Å². The smallest absolute Gasteiger partial charge is 0.303 e. The van der Waals surface area contributed by atoms with Crippen LogP contribution in [0.3, 0.4) is 0 Å². The van der Waals surface area contributed by atoms with Gasteiger partial charge in [0.05, 0.1) is 6.10 Å². The average molecular weight is 296 g/mol. The Morgan fingerprint density at radius 2 is 1.57 bits per heavy atom. The lowest BCUT2D eigenvalue weighted by Gasteiger charge is -2.07. The molecule has 3 nitrogen and oxygen atoms in total. The second-order valence-corrected chi connectivity index (χ2v) is 5.54. The summed E-state index contributed by atoms with van der Waals surface area (Å²) in [4.78, 5) is 10.4. The number of carbonyl (C=O) groups is 1. The van der Waals surface area contributed by atoms with Crippen molar-refractivity contribution in [1.82, 2.24) is 0 Å². The molecule has 0 heterocycles. The molecule has 21 heavy (non-hydrogen) atoms. The molecule has 2 N–H and O–H groups in total. The van der Waals surface area contributed by atoms with Gasteiger partial charge in [-0.1, -0.05) is 50.5 Å². The Balaban J connectivity index is 3.34. The first kappa shape index (κ1) is 19.9. The topological polar surface area (TPSA) is 57.5 Å². The zero-order chi connectivity index (χ0) is 15.8. The van der Waals surface area contributed by atoms with Crippen LogP contribution in [-0.4, -0.2) is 22.3 Å². The third kappa shape index (κ3) is 16.9. The largest absolute Gasteiger partial charge is 0.481 e. The molecule has 122 valence electrons. The molecule has 0 amide bonds. The van der Waals surface area contributed by atoms with E-state index in [4.69, 9.17) is 5.11 Å². The van der Waals surface area contributed by atoms with E-state index >= 15 is 0 Å². The first-order valence-electron chi connectivity index (χ1n) is 8.36. The maximum Gasteiger partial charge on any atom is 0.303 e. The van der Waals surface area contributed by atoms with E-state index in [0.29, 0.717) is 12.8 Å². The van der Waals surface area contributed by atoms with Crippen molar-refractivity contribution in [2.75, 3.05) is 0 Å². The molecule has 0 bridgehead atoms. The minimum atomic E-state index is -0.834. The van der Waals surface area contributed by atoms with Crippen LogP contribution in [0.4, 0.5) is 0 Å². The third-order valence-electron chi connectivity index (χ3n) is 3.43. The average Bonchev–Trinajstić information content (AvgIpc) is 2.46. The fraction of sp³-hybridized carbons (Fsp3) is 0.722. The SMILES string of the molecule is CCCCC/C=C\C/C=C\CCCCC(O)CCC(=O)O. The summed E-state index contributed by atoms with van der Waals surface area (Å²) in [6.07, 6.45) is 18.7. The highest BCUT2D eigenvalue weighted by atomic mass is 16.4. The van der Waals surface area contributed by atoms with Crippen LogP contribution in [0.1, 0.15) is 77.6 Å². The van der Waals surface area contributed by atoms with Crippen molar-refractivity contribution in [3.63, 3.8) is 0 Å². The lowest BCUT2D eigenvalue weighted by atomic mass is 10.1. The van der Waals surface area contributed by atoms with Gasteiger partial charge in [0.15, 0.2) is 0 Å². The van der Waals surface area contributed by atoms with E-state index in [0.717, 1.165) is 25.7 Å². The van der Waals surface area contributed by atoms with E-state index in [2.05, 4.69) is 31.2 Å². The highest BCUT2D eigenvalue weighted by Gasteiger charge is 2.06. The Morgan fingerprint density at radius 3 is 2.14 bits per heavy atom. The van der Waals surface area contributed by atoms with Crippen LogP contribution in [0.2, 0.25) is 0 Å². The predicted molar refractivity (Wildman–Crippen MR) is 88.4 cm³/mol. The van der Waals surface area contributed by atoms with E-state index < -0.39 is 12.1 Å². The van der Waals surface area contributed by atoms with Crippen molar-refractivity contribution in [3.8, 4) is 0 Å². The zero-order valence-corrected chi connectivity index (χ0v) is 13.5. The highest BCUT2D eigenvalue weighted by Crippen LogP contribution is 2.09. The summed E-state index contributed by atoms with van der Waals surface area (Å²) in [5.74, 6) is -0.834. The van der Waals surface area contributed by atoms with E-state index in [1.54, 1.807) is 0 Å². The summed E-state index contributed by atoms with van der Waals surface area (Å²) in [7, 11) is 0. The molecule has 3 heteroatoms. The molecular formula is C18H32O3. The molecule has 0 aromatic carbocycles. The van der Waals surface area contributed by atoms with Gasteiger partial charge in [0.1, 0.15) is 0 Å². The third-order valence-corrected chi connectivity index (χ3v) is 3.43. The molecule has 0 aromatic rings. The standard InChI is InChI=1S/C18H32O3/c1-2-3-4-5-6-7-8-9-10-11-12-13-14-17(19)15-16-18(20)21/h6-7,9-10,17,19H,2-5,8,11-16H2,1H3,(H,20,21)/b7-6-,10-9-. The minimum absolute atomic E-state index is 0.0612. The summed E-state index contributed by atoms with van der Waals surface area (Å²) < 4.78 is 0. The molecular weight excluding hydrogens is 264 g/mol. The van der Waals surface area contributed by atoms with E-state index in [1.165, 1.54) is 25.7 Å². The lowest BCUT2D eigenvalue weighted by Crippen LogP contribution is -2.09. The van der Waals surface area contributed by atoms with Crippen molar-refractivity contribution in [2.45, 2.75) is 83.7 Å². The number of rotatable bonds is 14. The molecule has 0 aliphatic rings. The van der Waals surface area contributed by atoms with Gasteiger partial charge in [-0.15, -0.1) is 0 Å². The number of carboxylic acids is 1. The van der Waals surface area contributed by atoms with Gasteiger partial charge >= 0.3 is 5.97 Å². The Bertz CT molecular complexity index is 295. The summed E-state index contributed by atoms with van der Waals surface area (Å²) in [6, 6.07) is 0. The molecule has 1 unspecified atom stereocenters. The normalized spacial score (nSPS) is 13.2. The number of hydrogen-bond acceptors (Lipinski definition) is 2. The number of hydrogen-bond donors (Lipinski definition) is 2. The van der Waals surface area contributed by atoms with Gasteiger partial charge < -0.3 is 10.2 Å². The summed E-state index contributed by atoms with van der Waals surface area (Å²) in [5.41, 5.74) is 0. The predicted octanol–water partition coefficient (Wildman–Crippen LogP) is 4.86. The van der Waals surface area contributed by atoms with Crippen LogP contribution < -0.4 is 0 Å². The Labute approximate surface area is 129 Å². The fourth-order valence-corrected chi connectivity index (χ4v) is 2.10. The van der Waals surface area contributed by atoms with Crippen LogP contribution in [0.5, 0.6) is 0 Å². The number of carboxylic acid groups (broad SMARTS) is 1. The first-order chi connectivity index (χ1) is 10.2. The van der Waals surface area contributed by atoms with Gasteiger partial charge in [-0.05, 0) is 44.9 Å². The summed E-state index contributed by atoms with van der Waals surface area (Å²) >= 11 is 0. The molecule has 0 spiro atoms. The Morgan fingerprint density at radius 1 is 0.952 bits per heavy atom. The number of aliphatic hydroxyl groups excluding tert-OH is 1. The van der Waals surface area contributed by atoms with Crippen LogP contribution >= 0.6 is 0 Å². The summed E-state index contributed by atoms with van der Waals surface area (Å²) in [5, 5.41) is 18.1. The van der Waals surface area contributed by atoms with Crippen LogP contribution in [0, 0.1) is 0 Å². The number of allylic oxidation sites excluding steroid dienone is 4. The molecule has 0 aliphatic heterocycles. The van der Waals surface area contributed by atoms with Gasteiger partial charge in [-0.3, -0.25) is 4.79 Å². The minimum Gasteiger partial charge on any atom is -0.481 e. The molecule has 0 radical (unpaired) electrons. The number of unbranched alkanes of at least 4 members (excludes halogenated alkanes) is 5. The molecule has 0 fully saturated rings. The maximum absolute atomic E-state index is 10.4. The quantitative estimate of drug-likeness (QED) is 0.355. The molecule has 0 rings (SSSR count). The highest BCUT2D eigenvalue weighted by molar-refractivity contribution is 5.66. The van der Waals surface area contributed by atoms with Gasteiger partial charge in [-0.25, -0.2) is 0 Å². The number of aliphatic hydroxyl groups is 1. The van der Waals surface area contributed by atoms with Crippen molar-refractivity contribution < 1.29 is 15.0 Å². The van der Waals surface area contributed by atoms with Crippen LogP contribution in [0.15, 0.2) is 24.3 Å². The Kier molecular flexibility index (Phi) is 14.5. The molecule has 0 aliphatic carbocycles. The van der Waals surface area contributed by atoms with Crippen molar-refractivity contribution in [2.24, 2.45) is 0 Å². The first-order valence-corrected chi connectivity index (χ1v) is 8.36.